The highest BCUT2D eigenvalue weighted by Gasteiger charge is 2.13. The Balaban J connectivity index is 2.23. The molecular weight excluding hydrogens is 342 g/mol. The van der Waals surface area contributed by atoms with Gasteiger partial charge in [0.05, 0.1) is 15.5 Å². The third kappa shape index (κ3) is 4.27. The van der Waals surface area contributed by atoms with Crippen LogP contribution >= 0.6 is 11.6 Å². The first-order valence-corrected chi connectivity index (χ1v) is 8.22. The zero-order valence-electron chi connectivity index (χ0n) is 11.9. The summed E-state index contributed by atoms with van der Waals surface area (Å²) in [6, 6.07) is 11.4. The smallest absolute Gasteiger partial charge is 0.258 e. The normalized spacial score (nSPS) is 12.0. The Morgan fingerprint density at radius 2 is 1.87 bits per heavy atom. The fourth-order valence-corrected chi connectivity index (χ4v) is 2.69. The van der Waals surface area contributed by atoms with Crippen molar-refractivity contribution in [1.82, 2.24) is 4.83 Å². The molecule has 2 aromatic rings. The summed E-state index contributed by atoms with van der Waals surface area (Å²) in [4.78, 5) is 12.3. The second-order valence-corrected chi connectivity index (χ2v) is 6.65. The van der Waals surface area contributed by atoms with E-state index in [1.807, 2.05) is 0 Å². The van der Waals surface area contributed by atoms with E-state index in [2.05, 4.69) is 9.93 Å². The van der Waals surface area contributed by atoms with Gasteiger partial charge in [-0.15, -0.1) is 0 Å². The maximum absolute atomic E-state index is 12.1. The van der Waals surface area contributed by atoms with Gasteiger partial charge in [0.1, 0.15) is 0 Å². The first kappa shape index (κ1) is 16.9. The molecule has 0 saturated heterocycles. The number of nitrogens with one attached hydrogen (secondary N) is 1. The molecule has 0 amide bonds. The molecule has 0 heterocycles. The summed E-state index contributed by atoms with van der Waals surface area (Å²) >= 11 is 5.71. The molecule has 2 rings (SSSR count). The van der Waals surface area contributed by atoms with Crippen molar-refractivity contribution in [3.05, 3.63) is 69.2 Å². The molecule has 0 spiro atoms. The van der Waals surface area contributed by atoms with Crippen molar-refractivity contribution in [2.75, 3.05) is 0 Å². The van der Waals surface area contributed by atoms with Gasteiger partial charge in [0.2, 0.25) is 0 Å². The number of benzene rings is 2. The van der Waals surface area contributed by atoms with Crippen LogP contribution in [0.2, 0.25) is 5.02 Å². The Morgan fingerprint density at radius 1 is 1.22 bits per heavy atom. The highest BCUT2D eigenvalue weighted by atomic mass is 35.5. The standard InChI is InChI=1S/C14H12ClN3O4S/c1-10(11-3-2-4-13(9-11)18(19)20)16-17-23(21,22)14-7-5-12(15)6-8-14/h2-9,17H,1H3. The van der Waals surface area contributed by atoms with Gasteiger partial charge in [0, 0.05) is 22.7 Å². The summed E-state index contributed by atoms with van der Waals surface area (Å²) in [5.74, 6) is 0. The Hall–Kier alpha value is -2.45. The van der Waals surface area contributed by atoms with Crippen molar-refractivity contribution in [1.29, 1.82) is 0 Å². The van der Waals surface area contributed by atoms with E-state index in [1.165, 1.54) is 42.5 Å². The minimum Gasteiger partial charge on any atom is -0.258 e. The van der Waals surface area contributed by atoms with E-state index in [9.17, 15) is 18.5 Å². The topological polar surface area (TPSA) is 102 Å². The van der Waals surface area contributed by atoms with Gasteiger partial charge in [-0.25, -0.2) is 0 Å². The highest BCUT2D eigenvalue weighted by molar-refractivity contribution is 7.89. The van der Waals surface area contributed by atoms with Crippen LogP contribution in [0.15, 0.2) is 58.5 Å². The van der Waals surface area contributed by atoms with E-state index in [0.717, 1.165) is 0 Å². The van der Waals surface area contributed by atoms with Crippen molar-refractivity contribution >= 4 is 33.0 Å². The van der Waals surface area contributed by atoms with Crippen LogP contribution in [0.5, 0.6) is 0 Å². The molecule has 1 N–H and O–H groups in total. The second kappa shape index (κ2) is 6.76. The number of nitro benzene ring substituents is 1. The lowest BCUT2D eigenvalue weighted by atomic mass is 10.1. The second-order valence-electron chi connectivity index (χ2n) is 4.55. The average molecular weight is 354 g/mol. The average Bonchev–Trinajstić information content (AvgIpc) is 2.53. The maximum Gasteiger partial charge on any atom is 0.276 e. The number of non-ortho nitro benzene ring substituents is 1. The zero-order chi connectivity index (χ0) is 17.0. The minimum atomic E-state index is -3.84. The number of nitrogens with zero attached hydrogens (tertiary/aromatic N) is 2. The van der Waals surface area contributed by atoms with Crippen LogP contribution in [0.4, 0.5) is 5.69 Å². The van der Waals surface area contributed by atoms with Crippen molar-refractivity contribution in [2.24, 2.45) is 5.10 Å². The molecule has 0 aliphatic heterocycles. The predicted molar refractivity (Wildman–Crippen MR) is 87.1 cm³/mol. The highest BCUT2D eigenvalue weighted by Crippen LogP contribution is 2.15. The van der Waals surface area contributed by atoms with Crippen molar-refractivity contribution < 1.29 is 13.3 Å². The Kier molecular flexibility index (Phi) is 4.97. The van der Waals surface area contributed by atoms with E-state index >= 15 is 0 Å². The third-order valence-electron chi connectivity index (χ3n) is 2.93. The van der Waals surface area contributed by atoms with Crippen LogP contribution in [0.25, 0.3) is 0 Å². The number of halogens is 1. The molecule has 120 valence electrons. The van der Waals surface area contributed by atoms with Gasteiger partial charge in [-0.05, 0) is 31.2 Å². The number of sulfonamides is 1. The molecule has 0 aliphatic rings. The van der Waals surface area contributed by atoms with Crippen LogP contribution in [-0.2, 0) is 10.0 Å². The van der Waals surface area contributed by atoms with Crippen LogP contribution in [0.1, 0.15) is 12.5 Å². The molecule has 2 aromatic carbocycles. The van der Waals surface area contributed by atoms with Gasteiger partial charge in [0.25, 0.3) is 15.7 Å². The largest absolute Gasteiger partial charge is 0.276 e. The summed E-state index contributed by atoms with van der Waals surface area (Å²) in [5, 5.41) is 15.0. The lowest BCUT2D eigenvalue weighted by molar-refractivity contribution is -0.384. The number of hydrogen-bond donors (Lipinski definition) is 1. The quantitative estimate of drug-likeness (QED) is 0.507. The number of hydrazone groups is 1. The summed E-state index contributed by atoms with van der Waals surface area (Å²) in [6.07, 6.45) is 0. The fraction of sp³-hybridized carbons (Fsp3) is 0.0714. The summed E-state index contributed by atoms with van der Waals surface area (Å²) in [6.45, 7) is 1.55. The number of rotatable bonds is 5. The molecule has 0 aromatic heterocycles. The van der Waals surface area contributed by atoms with Gasteiger partial charge < -0.3 is 0 Å². The molecule has 23 heavy (non-hydrogen) atoms. The summed E-state index contributed by atoms with van der Waals surface area (Å²) in [5.41, 5.74) is 0.641. The molecule has 0 unspecified atom stereocenters. The van der Waals surface area contributed by atoms with Gasteiger partial charge in [-0.1, -0.05) is 23.7 Å². The minimum absolute atomic E-state index is 0.0116. The van der Waals surface area contributed by atoms with Gasteiger partial charge in [-0.3, -0.25) is 10.1 Å². The van der Waals surface area contributed by atoms with E-state index < -0.39 is 14.9 Å². The van der Waals surface area contributed by atoms with E-state index in [1.54, 1.807) is 13.0 Å². The van der Waals surface area contributed by atoms with E-state index in [-0.39, 0.29) is 10.6 Å². The van der Waals surface area contributed by atoms with Crippen molar-refractivity contribution in [3.8, 4) is 0 Å². The van der Waals surface area contributed by atoms with E-state index in [0.29, 0.717) is 16.3 Å². The van der Waals surface area contributed by atoms with Gasteiger partial charge in [-0.2, -0.15) is 18.4 Å². The Morgan fingerprint density at radius 3 is 2.48 bits per heavy atom. The van der Waals surface area contributed by atoms with Gasteiger partial charge >= 0.3 is 0 Å². The molecule has 9 heteroatoms. The maximum atomic E-state index is 12.1. The molecule has 0 bridgehead atoms. The zero-order valence-corrected chi connectivity index (χ0v) is 13.5. The Bertz CT molecular complexity index is 864. The van der Waals surface area contributed by atoms with Gasteiger partial charge in [0.15, 0.2) is 0 Å². The predicted octanol–water partition coefficient (Wildman–Crippen LogP) is 2.95. The monoisotopic (exact) mass is 353 g/mol. The lowest BCUT2D eigenvalue weighted by Crippen LogP contribution is -2.19. The molecule has 7 nitrogen and oxygen atoms in total. The number of nitro groups is 1. The molecule has 0 radical (unpaired) electrons. The SMILES string of the molecule is CC(=NNS(=O)(=O)c1ccc(Cl)cc1)c1cccc([N+](=O)[O-])c1. The van der Waals surface area contributed by atoms with Crippen molar-refractivity contribution in [2.45, 2.75) is 11.8 Å². The van der Waals surface area contributed by atoms with Crippen LogP contribution in [-0.4, -0.2) is 19.1 Å². The molecule has 0 fully saturated rings. The first-order valence-electron chi connectivity index (χ1n) is 6.36. The lowest BCUT2D eigenvalue weighted by Gasteiger charge is -2.05. The van der Waals surface area contributed by atoms with E-state index in [4.69, 9.17) is 11.6 Å². The van der Waals surface area contributed by atoms with Crippen LogP contribution in [0.3, 0.4) is 0 Å². The van der Waals surface area contributed by atoms with Crippen LogP contribution < -0.4 is 4.83 Å². The van der Waals surface area contributed by atoms with Crippen molar-refractivity contribution in [3.63, 3.8) is 0 Å². The summed E-state index contributed by atoms with van der Waals surface area (Å²) in [7, 11) is -3.84. The van der Waals surface area contributed by atoms with Crippen LogP contribution in [0, 0.1) is 10.1 Å². The Labute approximate surface area is 137 Å². The fourth-order valence-electron chi connectivity index (χ4n) is 1.70. The first-order chi connectivity index (χ1) is 10.8. The molecule has 0 saturated carbocycles. The molecule has 0 aliphatic carbocycles. The number of hydrogen-bond acceptors (Lipinski definition) is 5. The molecular formula is C14H12ClN3O4S. The summed E-state index contributed by atoms with van der Waals surface area (Å²) < 4.78 is 24.2. The third-order valence-corrected chi connectivity index (χ3v) is 4.41. The molecule has 0 atom stereocenters.